The molecule has 1 heterocycles. The molecule has 0 N–H and O–H groups in total. The fourth-order valence-electron chi connectivity index (χ4n) is 2.57. The van der Waals surface area contributed by atoms with Crippen molar-refractivity contribution in [1.29, 1.82) is 0 Å². The average Bonchev–Trinajstić information content (AvgIpc) is 2.74. The van der Waals surface area contributed by atoms with Crippen LogP contribution in [-0.4, -0.2) is 11.7 Å². The number of carbonyl (C=O) groups is 2. The Hall–Kier alpha value is -2.42. The van der Waals surface area contributed by atoms with Crippen molar-refractivity contribution in [2.75, 3.05) is 4.90 Å². The topological polar surface area (TPSA) is 37.4 Å². The molecule has 0 spiro atoms. The lowest BCUT2D eigenvalue weighted by Crippen LogP contribution is -2.31. The van der Waals surface area contributed by atoms with Crippen LogP contribution in [0.3, 0.4) is 0 Å². The molecule has 1 aliphatic heterocycles. The lowest BCUT2D eigenvalue weighted by Gasteiger charge is -2.23. The smallest absolute Gasteiger partial charge is 0.259 e. The first-order chi connectivity index (χ1) is 9.20. The van der Waals surface area contributed by atoms with Crippen molar-refractivity contribution in [1.82, 2.24) is 0 Å². The highest BCUT2D eigenvalue weighted by molar-refractivity contribution is 6.15. The number of ketones is 1. The zero-order chi connectivity index (χ0) is 13.4. The Morgan fingerprint density at radius 1 is 1.00 bits per heavy atom. The summed E-state index contributed by atoms with van der Waals surface area (Å²) in [6.07, 6.45) is 0. The van der Waals surface area contributed by atoms with Gasteiger partial charge in [0.25, 0.3) is 5.91 Å². The Morgan fingerprint density at radius 3 is 2.32 bits per heavy atom. The molecule has 3 nitrogen and oxygen atoms in total. The maximum absolute atomic E-state index is 12.5. The number of hydrogen-bond acceptors (Lipinski definition) is 2. The van der Waals surface area contributed by atoms with E-state index in [4.69, 9.17) is 0 Å². The zero-order valence-electron chi connectivity index (χ0n) is 10.5. The third-order valence-electron chi connectivity index (χ3n) is 3.38. The first-order valence-electron chi connectivity index (χ1n) is 6.18. The van der Waals surface area contributed by atoms with Crippen molar-refractivity contribution in [2.24, 2.45) is 0 Å². The van der Waals surface area contributed by atoms with Gasteiger partial charge in [0.1, 0.15) is 6.04 Å². The first-order valence-corrected chi connectivity index (χ1v) is 6.18. The van der Waals surface area contributed by atoms with Gasteiger partial charge in [-0.05, 0) is 30.7 Å². The van der Waals surface area contributed by atoms with Gasteiger partial charge in [-0.25, -0.2) is 0 Å². The van der Waals surface area contributed by atoms with Crippen LogP contribution in [0.15, 0.2) is 54.6 Å². The van der Waals surface area contributed by atoms with Gasteiger partial charge in [0.15, 0.2) is 5.78 Å². The van der Waals surface area contributed by atoms with Gasteiger partial charge >= 0.3 is 0 Å². The molecule has 2 aromatic carbocycles. The molecule has 2 aromatic rings. The van der Waals surface area contributed by atoms with E-state index in [1.165, 1.54) is 6.92 Å². The number of hydrogen-bond donors (Lipinski definition) is 0. The molecule has 0 aromatic heterocycles. The van der Waals surface area contributed by atoms with Crippen LogP contribution >= 0.6 is 0 Å². The number of anilines is 1. The van der Waals surface area contributed by atoms with Gasteiger partial charge in [0, 0.05) is 11.3 Å². The standard InChI is InChI=1S/C16H13NO2/c1-11(18)15-13-9-5-6-10-14(13)16(19)17(15)12-7-3-2-4-8-12/h2-10,15H,1H3. The summed E-state index contributed by atoms with van der Waals surface area (Å²) < 4.78 is 0. The van der Waals surface area contributed by atoms with Gasteiger partial charge in [-0.3, -0.25) is 14.5 Å². The van der Waals surface area contributed by atoms with Crippen molar-refractivity contribution in [3.63, 3.8) is 0 Å². The summed E-state index contributed by atoms with van der Waals surface area (Å²) in [5.41, 5.74) is 2.17. The van der Waals surface area contributed by atoms with Gasteiger partial charge in [-0.2, -0.15) is 0 Å². The van der Waals surface area contributed by atoms with Crippen molar-refractivity contribution in [3.05, 3.63) is 65.7 Å². The van der Waals surface area contributed by atoms with Crippen LogP contribution in [0.4, 0.5) is 5.69 Å². The highest BCUT2D eigenvalue weighted by Gasteiger charge is 2.39. The maximum atomic E-state index is 12.5. The van der Waals surface area contributed by atoms with E-state index in [0.29, 0.717) is 5.56 Å². The van der Waals surface area contributed by atoms with Gasteiger partial charge in [-0.15, -0.1) is 0 Å². The Labute approximate surface area is 111 Å². The first kappa shape index (κ1) is 11.7. The third kappa shape index (κ3) is 1.74. The molecule has 1 unspecified atom stereocenters. The van der Waals surface area contributed by atoms with Crippen LogP contribution in [0.5, 0.6) is 0 Å². The molecule has 3 heteroatoms. The SMILES string of the molecule is CC(=O)C1c2ccccc2C(=O)N1c1ccccc1. The molecular formula is C16H13NO2. The van der Waals surface area contributed by atoms with Gasteiger partial charge < -0.3 is 0 Å². The maximum Gasteiger partial charge on any atom is 0.259 e. The van der Waals surface area contributed by atoms with E-state index in [1.54, 1.807) is 11.0 Å². The number of benzene rings is 2. The van der Waals surface area contributed by atoms with Gasteiger partial charge in [0.2, 0.25) is 0 Å². The second-order valence-electron chi connectivity index (χ2n) is 4.61. The second-order valence-corrected chi connectivity index (χ2v) is 4.61. The molecule has 0 saturated carbocycles. The average molecular weight is 251 g/mol. The summed E-state index contributed by atoms with van der Waals surface area (Å²) in [7, 11) is 0. The van der Waals surface area contributed by atoms with Crippen molar-refractivity contribution < 1.29 is 9.59 Å². The monoisotopic (exact) mass is 251 g/mol. The van der Waals surface area contributed by atoms with E-state index >= 15 is 0 Å². The number of para-hydroxylation sites is 1. The molecule has 3 rings (SSSR count). The van der Waals surface area contributed by atoms with Crippen molar-refractivity contribution in [3.8, 4) is 0 Å². The van der Waals surface area contributed by atoms with Crippen molar-refractivity contribution >= 4 is 17.4 Å². The fourth-order valence-corrected chi connectivity index (χ4v) is 2.57. The minimum atomic E-state index is -0.508. The Kier molecular flexibility index (Phi) is 2.67. The summed E-state index contributed by atoms with van der Waals surface area (Å²) in [4.78, 5) is 26.0. The lowest BCUT2D eigenvalue weighted by atomic mass is 10.0. The normalized spacial score (nSPS) is 17.4. The molecule has 0 fully saturated rings. The molecule has 1 amide bonds. The summed E-state index contributed by atoms with van der Waals surface area (Å²) >= 11 is 0. The van der Waals surface area contributed by atoms with E-state index in [1.807, 2.05) is 48.5 Å². The summed E-state index contributed by atoms with van der Waals surface area (Å²) in [6.45, 7) is 1.52. The number of amides is 1. The Bertz CT molecular complexity index is 649. The molecule has 0 saturated heterocycles. The minimum absolute atomic E-state index is 0.0258. The molecule has 19 heavy (non-hydrogen) atoms. The highest BCUT2D eigenvalue weighted by Crippen LogP contribution is 2.37. The molecule has 1 atom stereocenters. The number of carbonyl (C=O) groups excluding carboxylic acids is 2. The Balaban J connectivity index is 2.17. The quantitative estimate of drug-likeness (QED) is 0.822. The largest absolute Gasteiger partial charge is 0.297 e. The summed E-state index contributed by atoms with van der Waals surface area (Å²) in [6, 6.07) is 16.1. The number of Topliss-reactive ketones (excluding diaryl/α,β-unsaturated/α-hetero) is 1. The Morgan fingerprint density at radius 2 is 1.63 bits per heavy atom. The molecule has 0 aliphatic carbocycles. The number of fused-ring (bicyclic) bond motifs is 1. The van der Waals surface area contributed by atoms with Crippen LogP contribution < -0.4 is 4.90 Å². The van der Waals surface area contributed by atoms with Crippen LogP contribution in [-0.2, 0) is 4.79 Å². The van der Waals surface area contributed by atoms with E-state index in [2.05, 4.69) is 0 Å². The van der Waals surface area contributed by atoms with E-state index in [-0.39, 0.29) is 11.7 Å². The minimum Gasteiger partial charge on any atom is -0.297 e. The third-order valence-corrected chi connectivity index (χ3v) is 3.38. The molecule has 1 aliphatic rings. The van der Waals surface area contributed by atoms with E-state index in [0.717, 1.165) is 11.3 Å². The summed E-state index contributed by atoms with van der Waals surface area (Å²) in [5.74, 6) is -0.135. The predicted molar refractivity (Wildman–Crippen MR) is 73.1 cm³/mol. The van der Waals surface area contributed by atoms with E-state index < -0.39 is 6.04 Å². The number of rotatable bonds is 2. The molecule has 0 radical (unpaired) electrons. The highest BCUT2D eigenvalue weighted by atomic mass is 16.2. The van der Waals surface area contributed by atoms with Crippen LogP contribution in [0, 0.1) is 0 Å². The predicted octanol–water partition coefficient (Wildman–Crippen LogP) is 2.98. The molecule has 94 valence electrons. The number of nitrogens with zero attached hydrogens (tertiary/aromatic N) is 1. The van der Waals surface area contributed by atoms with Crippen LogP contribution in [0.2, 0.25) is 0 Å². The van der Waals surface area contributed by atoms with E-state index in [9.17, 15) is 9.59 Å². The van der Waals surface area contributed by atoms with Gasteiger partial charge in [0.05, 0.1) is 0 Å². The van der Waals surface area contributed by atoms with Crippen LogP contribution in [0.1, 0.15) is 28.9 Å². The fraction of sp³-hybridized carbons (Fsp3) is 0.125. The molecular weight excluding hydrogens is 238 g/mol. The van der Waals surface area contributed by atoms with Crippen LogP contribution in [0.25, 0.3) is 0 Å². The van der Waals surface area contributed by atoms with Gasteiger partial charge in [-0.1, -0.05) is 36.4 Å². The second kappa shape index (κ2) is 4.35. The lowest BCUT2D eigenvalue weighted by molar-refractivity contribution is -0.118. The molecule has 0 bridgehead atoms. The van der Waals surface area contributed by atoms with Crippen molar-refractivity contribution in [2.45, 2.75) is 13.0 Å². The summed E-state index contributed by atoms with van der Waals surface area (Å²) in [5, 5.41) is 0. The zero-order valence-corrected chi connectivity index (χ0v) is 10.5.